The fourth-order valence-electron chi connectivity index (χ4n) is 0.926. The summed E-state index contributed by atoms with van der Waals surface area (Å²) in [6.45, 7) is 2.12. The summed E-state index contributed by atoms with van der Waals surface area (Å²) in [5.41, 5.74) is 6.82. The van der Waals surface area contributed by atoms with Gasteiger partial charge in [0.15, 0.2) is 0 Å². The van der Waals surface area contributed by atoms with Gasteiger partial charge in [-0.1, -0.05) is 25.2 Å². The summed E-state index contributed by atoms with van der Waals surface area (Å²) >= 11 is 4.89. The van der Waals surface area contributed by atoms with Crippen LogP contribution in [0.15, 0.2) is 11.9 Å². The van der Waals surface area contributed by atoms with E-state index in [1.807, 2.05) is 0 Å². The first-order valence-electron chi connectivity index (χ1n) is 3.21. The minimum atomic E-state index is 0.570. The van der Waals surface area contributed by atoms with Crippen molar-refractivity contribution >= 4 is 25.4 Å². The summed E-state index contributed by atoms with van der Waals surface area (Å²) in [5, 5.41) is 1.18. The van der Waals surface area contributed by atoms with E-state index < -0.39 is 0 Å². The van der Waals surface area contributed by atoms with Crippen molar-refractivity contribution < 1.29 is 0 Å². The van der Waals surface area contributed by atoms with Crippen molar-refractivity contribution in [1.29, 1.82) is 0 Å². The van der Waals surface area contributed by atoms with Gasteiger partial charge in [0.1, 0.15) is 4.99 Å². The molecule has 10 heavy (non-hydrogen) atoms. The first-order valence-corrected chi connectivity index (χ1v) is 4.70. The van der Waals surface area contributed by atoms with Gasteiger partial charge < -0.3 is 5.73 Å². The van der Waals surface area contributed by atoms with Crippen molar-refractivity contribution in [2.75, 3.05) is 0 Å². The Hall–Kier alpha value is -0.330. The van der Waals surface area contributed by atoms with E-state index >= 15 is 0 Å². The van der Waals surface area contributed by atoms with Crippen LogP contribution in [0, 0.1) is 0 Å². The van der Waals surface area contributed by atoms with Gasteiger partial charge in [-0.15, -0.1) is 8.19 Å². The van der Waals surface area contributed by atoms with E-state index in [0.29, 0.717) is 13.2 Å². The SMILES string of the molecule is CCc1cc[pH]c1C(N)=S. The normalized spacial score (nSPS) is 10.5. The van der Waals surface area contributed by atoms with Crippen molar-refractivity contribution in [2.24, 2.45) is 5.73 Å². The summed E-state index contributed by atoms with van der Waals surface area (Å²) in [6, 6.07) is 2.12. The Morgan fingerprint density at radius 3 is 2.90 bits per heavy atom. The van der Waals surface area contributed by atoms with Crippen LogP contribution >= 0.6 is 20.4 Å². The second-order valence-electron chi connectivity index (χ2n) is 2.10. The lowest BCUT2D eigenvalue weighted by Gasteiger charge is -1.96. The quantitative estimate of drug-likeness (QED) is 0.688. The van der Waals surface area contributed by atoms with Gasteiger partial charge in [-0.25, -0.2) is 0 Å². The molecule has 0 aliphatic carbocycles. The molecule has 54 valence electrons. The molecule has 1 atom stereocenters. The third kappa shape index (κ3) is 1.39. The van der Waals surface area contributed by atoms with E-state index in [1.165, 1.54) is 10.9 Å². The second kappa shape index (κ2) is 3.18. The Balaban J connectivity index is 3.01. The molecular formula is C7H10NPS. The van der Waals surface area contributed by atoms with Gasteiger partial charge in [0.05, 0.1) is 0 Å². The molecule has 3 heteroatoms. The van der Waals surface area contributed by atoms with Crippen LogP contribution in [0.2, 0.25) is 0 Å². The van der Waals surface area contributed by atoms with E-state index in [4.69, 9.17) is 18.0 Å². The molecule has 1 unspecified atom stereocenters. The number of hydrogen-bond acceptors (Lipinski definition) is 1. The van der Waals surface area contributed by atoms with Crippen LogP contribution in [0.25, 0.3) is 0 Å². The zero-order valence-electron chi connectivity index (χ0n) is 5.85. The van der Waals surface area contributed by atoms with Crippen LogP contribution in [0.5, 0.6) is 0 Å². The Morgan fingerprint density at radius 1 is 1.80 bits per heavy atom. The maximum Gasteiger partial charge on any atom is 0.108 e. The van der Waals surface area contributed by atoms with Crippen LogP contribution in [0.4, 0.5) is 0 Å². The Morgan fingerprint density at radius 2 is 2.50 bits per heavy atom. The van der Waals surface area contributed by atoms with E-state index in [2.05, 4.69) is 18.8 Å². The van der Waals surface area contributed by atoms with Crippen molar-refractivity contribution in [3.05, 3.63) is 22.7 Å². The highest BCUT2D eigenvalue weighted by atomic mass is 32.1. The number of hydrogen-bond donors (Lipinski definition) is 1. The third-order valence-electron chi connectivity index (χ3n) is 1.46. The van der Waals surface area contributed by atoms with Crippen molar-refractivity contribution in [3.63, 3.8) is 0 Å². The lowest BCUT2D eigenvalue weighted by Crippen LogP contribution is -2.08. The van der Waals surface area contributed by atoms with Gasteiger partial charge in [-0.05, 0) is 17.8 Å². The molecule has 0 spiro atoms. The summed E-state index contributed by atoms with van der Waals surface area (Å²) in [5.74, 6) is 2.13. The molecule has 0 fully saturated rings. The molecule has 1 nitrogen and oxygen atoms in total. The van der Waals surface area contributed by atoms with Gasteiger partial charge >= 0.3 is 0 Å². The number of aryl methyl sites for hydroxylation is 1. The van der Waals surface area contributed by atoms with Crippen LogP contribution < -0.4 is 5.73 Å². The second-order valence-corrected chi connectivity index (χ2v) is 3.66. The molecular weight excluding hydrogens is 161 g/mol. The fraction of sp³-hybridized carbons (Fsp3) is 0.286. The molecule has 1 rings (SSSR count). The summed E-state index contributed by atoms with van der Waals surface area (Å²) in [4.78, 5) is 0.570. The zero-order chi connectivity index (χ0) is 7.56. The predicted molar refractivity (Wildman–Crippen MR) is 51.2 cm³/mol. The largest absolute Gasteiger partial charge is 0.389 e. The van der Waals surface area contributed by atoms with E-state index in [1.54, 1.807) is 0 Å². The summed E-state index contributed by atoms with van der Waals surface area (Å²) < 4.78 is 0. The molecule has 0 aliphatic heterocycles. The van der Waals surface area contributed by atoms with Crippen LogP contribution in [0.1, 0.15) is 17.8 Å². The molecule has 1 aromatic heterocycles. The molecule has 0 aromatic carbocycles. The molecule has 1 heterocycles. The van der Waals surface area contributed by atoms with E-state index in [-0.39, 0.29) is 0 Å². The van der Waals surface area contributed by atoms with Crippen molar-refractivity contribution in [3.8, 4) is 0 Å². The Kier molecular flexibility index (Phi) is 2.47. The van der Waals surface area contributed by atoms with E-state index in [0.717, 1.165) is 6.42 Å². The molecule has 0 aliphatic rings. The predicted octanol–water partition coefficient (Wildman–Crippen LogP) is 1.91. The van der Waals surface area contributed by atoms with E-state index in [9.17, 15) is 0 Å². The smallest absolute Gasteiger partial charge is 0.108 e. The monoisotopic (exact) mass is 171 g/mol. The average Bonchev–Trinajstić information content (AvgIpc) is 2.33. The van der Waals surface area contributed by atoms with Gasteiger partial charge in [-0.3, -0.25) is 0 Å². The van der Waals surface area contributed by atoms with Crippen molar-refractivity contribution in [2.45, 2.75) is 13.3 Å². The van der Waals surface area contributed by atoms with Gasteiger partial charge in [0, 0.05) is 5.30 Å². The van der Waals surface area contributed by atoms with Crippen LogP contribution in [0.3, 0.4) is 0 Å². The molecule has 2 N–H and O–H groups in total. The first kappa shape index (κ1) is 7.77. The molecule has 0 saturated heterocycles. The highest BCUT2D eigenvalue weighted by Crippen LogP contribution is 2.21. The highest BCUT2D eigenvalue weighted by molar-refractivity contribution is 7.81. The standard InChI is InChI=1S/C7H10NPS/c1-2-5-3-4-9-6(5)7(8)10/h3-4,9H,2H2,1H3,(H2,8,10). The Bertz CT molecular complexity index is 242. The zero-order valence-corrected chi connectivity index (χ0v) is 7.66. The molecule has 0 amide bonds. The summed E-state index contributed by atoms with van der Waals surface area (Å²) in [6.07, 6.45) is 1.04. The van der Waals surface area contributed by atoms with Gasteiger partial charge in [0.25, 0.3) is 0 Å². The molecule has 1 aromatic rings. The third-order valence-corrected chi connectivity index (χ3v) is 3.06. The van der Waals surface area contributed by atoms with Crippen LogP contribution in [-0.4, -0.2) is 4.99 Å². The minimum Gasteiger partial charge on any atom is -0.389 e. The number of rotatable bonds is 2. The number of nitrogens with two attached hydrogens (primary N) is 1. The maximum absolute atomic E-state index is 5.50. The highest BCUT2D eigenvalue weighted by Gasteiger charge is 2.01. The first-order chi connectivity index (χ1) is 4.75. The van der Waals surface area contributed by atoms with Gasteiger partial charge in [-0.2, -0.15) is 0 Å². The lowest BCUT2D eigenvalue weighted by molar-refractivity contribution is 1.15. The minimum absolute atomic E-state index is 0.570. The molecule has 0 radical (unpaired) electrons. The van der Waals surface area contributed by atoms with Gasteiger partial charge in [0.2, 0.25) is 0 Å². The molecule has 0 bridgehead atoms. The fourth-order valence-corrected chi connectivity index (χ4v) is 2.27. The maximum atomic E-state index is 5.50. The lowest BCUT2D eigenvalue weighted by atomic mass is 10.2. The van der Waals surface area contributed by atoms with Crippen molar-refractivity contribution in [1.82, 2.24) is 0 Å². The number of thiocarbonyl (C=S) groups is 1. The van der Waals surface area contributed by atoms with Crippen LogP contribution in [-0.2, 0) is 6.42 Å². The molecule has 0 saturated carbocycles. The topological polar surface area (TPSA) is 26.0 Å². The average molecular weight is 171 g/mol. The summed E-state index contributed by atoms with van der Waals surface area (Å²) in [7, 11) is 0.700. The Labute approximate surface area is 67.7 Å².